The van der Waals surface area contributed by atoms with Gasteiger partial charge in [0.1, 0.15) is 11.6 Å². The minimum atomic E-state index is -0.489. The van der Waals surface area contributed by atoms with Crippen molar-refractivity contribution in [1.29, 1.82) is 0 Å². The fourth-order valence-electron chi connectivity index (χ4n) is 4.67. The lowest BCUT2D eigenvalue weighted by molar-refractivity contribution is -0.149. The van der Waals surface area contributed by atoms with Gasteiger partial charge in [-0.3, -0.25) is 4.79 Å². The van der Waals surface area contributed by atoms with Crippen molar-refractivity contribution in [1.82, 2.24) is 9.88 Å². The lowest BCUT2D eigenvalue weighted by atomic mass is 9.73. The Kier molecular flexibility index (Phi) is 5.81. The van der Waals surface area contributed by atoms with E-state index in [4.69, 9.17) is 4.74 Å². The molecule has 0 unspecified atom stereocenters. The van der Waals surface area contributed by atoms with Crippen LogP contribution in [0.1, 0.15) is 42.9 Å². The lowest BCUT2D eigenvalue weighted by Gasteiger charge is -2.40. The van der Waals surface area contributed by atoms with Crippen LogP contribution >= 0.6 is 0 Å². The van der Waals surface area contributed by atoms with Crippen LogP contribution in [-0.2, 0) is 16.0 Å². The van der Waals surface area contributed by atoms with Crippen LogP contribution in [0.15, 0.2) is 42.6 Å². The van der Waals surface area contributed by atoms with Gasteiger partial charge < -0.3 is 15.0 Å². The maximum Gasteiger partial charge on any atom is 0.229 e. The number of halogens is 1. The van der Waals surface area contributed by atoms with Crippen molar-refractivity contribution in [2.24, 2.45) is 5.41 Å². The van der Waals surface area contributed by atoms with Crippen molar-refractivity contribution in [3.63, 3.8) is 0 Å². The molecular weight excluding hydrogens is 369 g/mol. The molecule has 1 aromatic heterocycles. The smallest absolute Gasteiger partial charge is 0.229 e. The van der Waals surface area contributed by atoms with Gasteiger partial charge in [-0.2, -0.15) is 0 Å². The average molecular weight is 397 g/mol. The van der Waals surface area contributed by atoms with E-state index < -0.39 is 5.41 Å². The number of carbonyl (C=O) groups is 1. The maximum absolute atomic E-state index is 13.9. The van der Waals surface area contributed by atoms with Crippen molar-refractivity contribution >= 4 is 11.7 Å². The van der Waals surface area contributed by atoms with Crippen LogP contribution in [-0.4, -0.2) is 42.6 Å². The van der Waals surface area contributed by atoms with E-state index in [1.54, 1.807) is 18.3 Å². The van der Waals surface area contributed by atoms with Gasteiger partial charge in [-0.1, -0.05) is 12.1 Å². The van der Waals surface area contributed by atoms with Crippen LogP contribution in [0.3, 0.4) is 0 Å². The summed E-state index contributed by atoms with van der Waals surface area (Å²) in [6.07, 6.45) is 5.77. The highest BCUT2D eigenvalue weighted by atomic mass is 19.1. The molecular formula is C23H28FN3O2. The van der Waals surface area contributed by atoms with Crippen molar-refractivity contribution in [2.45, 2.75) is 38.1 Å². The Bertz CT molecular complexity index is 849. The first-order valence-corrected chi connectivity index (χ1v) is 10.4. The molecule has 5 nitrogen and oxygen atoms in total. The molecule has 4 rings (SSSR count). The fourth-order valence-corrected chi connectivity index (χ4v) is 4.67. The zero-order valence-corrected chi connectivity index (χ0v) is 16.9. The molecule has 0 aliphatic carbocycles. The Hall–Kier alpha value is -2.47. The predicted octanol–water partition coefficient (Wildman–Crippen LogP) is 3.97. The molecule has 0 spiro atoms. The topological polar surface area (TPSA) is 54.5 Å². The summed E-state index contributed by atoms with van der Waals surface area (Å²) in [5.74, 6) is 0.767. The molecule has 0 bridgehead atoms. The van der Waals surface area contributed by atoms with E-state index in [0.29, 0.717) is 32.5 Å². The number of benzene rings is 1. The number of aromatic nitrogens is 1. The highest BCUT2D eigenvalue weighted by Gasteiger charge is 2.45. The van der Waals surface area contributed by atoms with Gasteiger partial charge in [0.15, 0.2) is 0 Å². The molecule has 2 fully saturated rings. The lowest BCUT2D eigenvalue weighted by Crippen LogP contribution is -2.48. The van der Waals surface area contributed by atoms with Crippen molar-refractivity contribution < 1.29 is 13.9 Å². The number of pyridine rings is 1. The molecule has 3 heterocycles. The molecule has 2 aliphatic heterocycles. The summed E-state index contributed by atoms with van der Waals surface area (Å²) in [6, 6.07) is 10.7. The number of carbonyl (C=O) groups excluding carboxylic acids is 1. The molecule has 29 heavy (non-hydrogen) atoms. The summed E-state index contributed by atoms with van der Waals surface area (Å²) in [6.45, 7) is 1.95. The summed E-state index contributed by atoms with van der Waals surface area (Å²) in [5.41, 5.74) is 1.63. The van der Waals surface area contributed by atoms with Crippen molar-refractivity contribution in [3.05, 3.63) is 59.5 Å². The summed E-state index contributed by atoms with van der Waals surface area (Å²) in [7, 11) is 1.85. The second-order valence-corrected chi connectivity index (χ2v) is 8.08. The standard InChI is InChI=1S/C23H28FN3O2/c1-25-21-15-18(8-11-26-21)20-3-2-12-27(20)22(28)23(9-13-29-14-10-23)16-17-4-6-19(24)7-5-17/h4-8,11,15,20H,2-3,9-10,12-14,16H2,1H3,(H,25,26)/t20-/m1/s1. The van der Waals surface area contributed by atoms with Crippen molar-refractivity contribution in [2.75, 3.05) is 32.1 Å². The molecule has 2 aliphatic rings. The zero-order chi connectivity index (χ0) is 20.3. The van der Waals surface area contributed by atoms with Gasteiger partial charge in [0.05, 0.1) is 11.5 Å². The summed E-state index contributed by atoms with van der Waals surface area (Å²) in [4.78, 5) is 20.3. The van der Waals surface area contributed by atoms with E-state index in [1.165, 1.54) is 12.1 Å². The SMILES string of the molecule is CNc1cc([C@H]2CCCN2C(=O)C2(Cc3ccc(F)cc3)CCOCC2)ccn1. The number of hydrogen-bond donors (Lipinski definition) is 1. The van der Waals surface area contributed by atoms with E-state index in [9.17, 15) is 9.18 Å². The first-order chi connectivity index (χ1) is 14.1. The van der Waals surface area contributed by atoms with E-state index >= 15 is 0 Å². The van der Waals surface area contributed by atoms with Crippen LogP contribution < -0.4 is 5.32 Å². The molecule has 0 saturated carbocycles. The van der Waals surface area contributed by atoms with Crippen LogP contribution in [0.25, 0.3) is 0 Å². The van der Waals surface area contributed by atoms with E-state index in [0.717, 1.165) is 36.3 Å². The Balaban J connectivity index is 1.61. The minimum Gasteiger partial charge on any atom is -0.381 e. The van der Waals surface area contributed by atoms with Crippen LogP contribution in [0.4, 0.5) is 10.2 Å². The number of likely N-dealkylation sites (tertiary alicyclic amines) is 1. The van der Waals surface area contributed by atoms with E-state index in [2.05, 4.69) is 15.2 Å². The third-order valence-electron chi connectivity index (χ3n) is 6.30. The van der Waals surface area contributed by atoms with Gasteiger partial charge in [0.25, 0.3) is 0 Å². The Morgan fingerprint density at radius 3 is 2.76 bits per heavy atom. The Labute approximate surface area is 171 Å². The molecule has 1 N–H and O–H groups in total. The molecule has 2 aromatic rings. The van der Waals surface area contributed by atoms with Gasteiger partial charge in [-0.15, -0.1) is 0 Å². The molecule has 1 aromatic carbocycles. The summed E-state index contributed by atoms with van der Waals surface area (Å²) < 4.78 is 18.9. The summed E-state index contributed by atoms with van der Waals surface area (Å²) >= 11 is 0. The number of rotatable bonds is 5. The van der Waals surface area contributed by atoms with Gasteiger partial charge >= 0.3 is 0 Å². The normalized spacial score (nSPS) is 21.2. The molecule has 0 radical (unpaired) electrons. The first kappa shape index (κ1) is 19.8. The Morgan fingerprint density at radius 1 is 1.28 bits per heavy atom. The van der Waals surface area contributed by atoms with Crippen LogP contribution in [0.5, 0.6) is 0 Å². The third-order valence-corrected chi connectivity index (χ3v) is 6.30. The largest absolute Gasteiger partial charge is 0.381 e. The van der Waals surface area contributed by atoms with Crippen LogP contribution in [0.2, 0.25) is 0 Å². The summed E-state index contributed by atoms with van der Waals surface area (Å²) in [5, 5.41) is 3.08. The van der Waals surface area contributed by atoms with E-state index in [1.807, 2.05) is 19.2 Å². The highest BCUT2D eigenvalue weighted by molar-refractivity contribution is 5.84. The number of nitrogens with one attached hydrogen (secondary N) is 1. The molecule has 154 valence electrons. The molecule has 2 saturated heterocycles. The maximum atomic E-state index is 13.9. The monoisotopic (exact) mass is 397 g/mol. The second-order valence-electron chi connectivity index (χ2n) is 8.08. The van der Waals surface area contributed by atoms with Crippen molar-refractivity contribution in [3.8, 4) is 0 Å². The highest BCUT2D eigenvalue weighted by Crippen LogP contribution is 2.42. The van der Waals surface area contributed by atoms with Crippen LogP contribution in [0, 0.1) is 11.2 Å². The molecule has 1 atom stereocenters. The van der Waals surface area contributed by atoms with E-state index in [-0.39, 0.29) is 17.8 Å². The third kappa shape index (κ3) is 4.13. The number of ether oxygens (including phenoxy) is 1. The fraction of sp³-hybridized carbons (Fsp3) is 0.478. The quantitative estimate of drug-likeness (QED) is 0.830. The predicted molar refractivity (Wildman–Crippen MR) is 110 cm³/mol. The molecule has 1 amide bonds. The number of amides is 1. The zero-order valence-electron chi connectivity index (χ0n) is 16.9. The second kappa shape index (κ2) is 8.49. The first-order valence-electron chi connectivity index (χ1n) is 10.4. The number of nitrogens with zero attached hydrogens (tertiary/aromatic N) is 2. The van der Waals surface area contributed by atoms with Gasteiger partial charge in [0, 0.05) is 33.0 Å². The molecule has 6 heteroatoms. The minimum absolute atomic E-state index is 0.0746. The van der Waals surface area contributed by atoms with Gasteiger partial charge in [0.2, 0.25) is 5.91 Å². The van der Waals surface area contributed by atoms with Gasteiger partial charge in [-0.25, -0.2) is 9.37 Å². The van der Waals surface area contributed by atoms with Gasteiger partial charge in [-0.05, 0) is 67.5 Å². The Morgan fingerprint density at radius 2 is 2.03 bits per heavy atom. The average Bonchev–Trinajstić information content (AvgIpc) is 3.25. The number of anilines is 1. The number of hydrogen-bond acceptors (Lipinski definition) is 4.